The van der Waals surface area contributed by atoms with Crippen molar-refractivity contribution in [2.75, 3.05) is 13.1 Å². The summed E-state index contributed by atoms with van der Waals surface area (Å²) in [6.45, 7) is 4.91. The number of halogens is 1. The lowest BCUT2D eigenvalue weighted by Gasteiger charge is -2.26. The van der Waals surface area contributed by atoms with E-state index in [0.29, 0.717) is 43.6 Å². The highest BCUT2D eigenvalue weighted by atomic mass is 79.9. The molecule has 1 fully saturated rings. The Hall–Kier alpha value is -3.02. The van der Waals surface area contributed by atoms with Gasteiger partial charge in [-0.25, -0.2) is 4.68 Å². The van der Waals surface area contributed by atoms with Crippen LogP contribution in [-0.2, 0) is 10.4 Å². The van der Waals surface area contributed by atoms with Crippen molar-refractivity contribution in [3.63, 3.8) is 0 Å². The maximum atomic E-state index is 13.2. The van der Waals surface area contributed by atoms with E-state index in [2.05, 4.69) is 32.3 Å². The number of hydrogen-bond donors (Lipinski definition) is 1. The van der Waals surface area contributed by atoms with Crippen LogP contribution in [0.4, 0.5) is 0 Å². The fourth-order valence-corrected chi connectivity index (χ4v) is 4.80. The van der Waals surface area contributed by atoms with Crippen molar-refractivity contribution in [3.05, 3.63) is 75.5 Å². The first-order valence-electron chi connectivity index (χ1n) is 11.0. The first kappa shape index (κ1) is 23.1. The van der Waals surface area contributed by atoms with E-state index in [1.165, 1.54) is 0 Å². The van der Waals surface area contributed by atoms with Gasteiger partial charge in [-0.15, -0.1) is 5.10 Å². The summed E-state index contributed by atoms with van der Waals surface area (Å²) >= 11 is 3.47. The number of nitrogens with zero attached hydrogens (tertiary/aromatic N) is 5. The van der Waals surface area contributed by atoms with Crippen LogP contribution in [0.2, 0.25) is 0 Å². The zero-order valence-corrected chi connectivity index (χ0v) is 20.3. The van der Waals surface area contributed by atoms with Gasteiger partial charge in [0.25, 0.3) is 0 Å². The second-order valence-corrected chi connectivity index (χ2v) is 9.56. The molecule has 2 aromatic carbocycles. The number of hydrogen-bond acceptors (Lipinski definition) is 5. The number of aryl methyl sites for hydroxylation is 1. The molecule has 0 bridgehead atoms. The molecule has 0 saturated carbocycles. The maximum Gasteiger partial charge on any atom is 0.229 e. The van der Waals surface area contributed by atoms with Crippen molar-refractivity contribution in [2.45, 2.75) is 44.6 Å². The fourth-order valence-electron chi connectivity index (χ4n) is 4.33. The smallest absolute Gasteiger partial charge is 0.229 e. The van der Waals surface area contributed by atoms with Crippen LogP contribution in [-0.4, -0.2) is 44.0 Å². The van der Waals surface area contributed by atoms with Gasteiger partial charge in [0.15, 0.2) is 0 Å². The third-order valence-electron chi connectivity index (χ3n) is 6.41. The van der Waals surface area contributed by atoms with Crippen LogP contribution in [0.25, 0.3) is 5.69 Å². The summed E-state index contributed by atoms with van der Waals surface area (Å²) in [5.74, 6) is -0.289. The SMILES string of the molecule is Cc1cc(Br)ccc1-n1cc(C2(O)CCCN(C(=O)C(C)c3ccc(C#N)cc3)CC2)nn1. The zero-order chi connectivity index (χ0) is 23.6. The lowest BCUT2D eigenvalue weighted by Crippen LogP contribution is -2.36. The third kappa shape index (κ3) is 4.85. The van der Waals surface area contributed by atoms with Crippen LogP contribution in [0.5, 0.6) is 0 Å². The Morgan fingerprint density at radius 1 is 1.21 bits per heavy atom. The molecule has 0 spiro atoms. The predicted octanol–water partition coefficient (Wildman–Crippen LogP) is 4.21. The fraction of sp³-hybridized carbons (Fsp3) is 0.360. The highest BCUT2D eigenvalue weighted by Gasteiger charge is 2.36. The van der Waals surface area contributed by atoms with Crippen molar-refractivity contribution in [1.82, 2.24) is 19.9 Å². The van der Waals surface area contributed by atoms with Crippen LogP contribution < -0.4 is 0 Å². The van der Waals surface area contributed by atoms with E-state index in [9.17, 15) is 9.90 Å². The van der Waals surface area contributed by atoms with Gasteiger partial charge in [-0.3, -0.25) is 4.79 Å². The third-order valence-corrected chi connectivity index (χ3v) is 6.90. The summed E-state index contributed by atoms with van der Waals surface area (Å²) in [5, 5.41) is 28.9. The number of aliphatic hydroxyl groups is 1. The van der Waals surface area contributed by atoms with Crippen LogP contribution in [0, 0.1) is 18.3 Å². The highest BCUT2D eigenvalue weighted by molar-refractivity contribution is 9.10. The van der Waals surface area contributed by atoms with Gasteiger partial charge in [-0.05, 0) is 74.6 Å². The largest absolute Gasteiger partial charge is 0.383 e. The first-order chi connectivity index (χ1) is 15.8. The van der Waals surface area contributed by atoms with Gasteiger partial charge < -0.3 is 10.0 Å². The normalized spacial score (nSPS) is 19.5. The average Bonchev–Trinajstić information content (AvgIpc) is 3.22. The summed E-state index contributed by atoms with van der Waals surface area (Å²) in [4.78, 5) is 15.0. The number of rotatable bonds is 4. The number of likely N-dealkylation sites (tertiary alicyclic amines) is 1. The van der Waals surface area contributed by atoms with Crippen LogP contribution >= 0.6 is 15.9 Å². The Morgan fingerprint density at radius 3 is 2.67 bits per heavy atom. The molecule has 2 heterocycles. The molecule has 1 saturated heterocycles. The minimum atomic E-state index is -1.13. The Balaban J connectivity index is 1.47. The van der Waals surface area contributed by atoms with Gasteiger partial charge in [0, 0.05) is 17.6 Å². The van der Waals surface area contributed by atoms with E-state index in [0.717, 1.165) is 21.3 Å². The Labute approximate surface area is 201 Å². The summed E-state index contributed by atoms with van der Waals surface area (Å²) < 4.78 is 2.68. The summed E-state index contributed by atoms with van der Waals surface area (Å²) in [5.41, 5.74) is 2.80. The minimum absolute atomic E-state index is 0.0260. The second kappa shape index (κ2) is 9.46. The van der Waals surface area contributed by atoms with Crippen molar-refractivity contribution >= 4 is 21.8 Å². The number of benzene rings is 2. The first-order valence-corrected chi connectivity index (χ1v) is 11.8. The molecule has 170 valence electrons. The van der Waals surface area contributed by atoms with Gasteiger partial charge in [-0.1, -0.05) is 33.3 Å². The standard InChI is InChI=1S/C25H26BrN5O2/c1-17-14-21(26)8-9-22(17)31-16-23(28-29-31)25(33)10-3-12-30(13-11-25)24(32)18(2)20-6-4-19(15-27)5-7-20/h4-9,14,16,18,33H,3,10-13H2,1-2H3. The maximum absolute atomic E-state index is 13.2. The molecular formula is C25H26BrN5O2. The van der Waals surface area contributed by atoms with Gasteiger partial charge in [-0.2, -0.15) is 5.26 Å². The van der Waals surface area contributed by atoms with Crippen LogP contribution in [0.1, 0.15) is 54.5 Å². The Morgan fingerprint density at radius 2 is 1.97 bits per heavy atom. The Kier molecular flexibility index (Phi) is 6.63. The molecule has 0 radical (unpaired) electrons. The van der Waals surface area contributed by atoms with E-state index in [1.807, 2.05) is 49.1 Å². The zero-order valence-electron chi connectivity index (χ0n) is 18.7. The molecule has 8 heteroatoms. The molecule has 2 atom stereocenters. The van der Waals surface area contributed by atoms with Crippen LogP contribution in [0.3, 0.4) is 0 Å². The molecule has 2 unspecified atom stereocenters. The van der Waals surface area contributed by atoms with E-state index < -0.39 is 5.60 Å². The lowest BCUT2D eigenvalue weighted by molar-refractivity contribution is -0.132. The van der Waals surface area contributed by atoms with Crippen molar-refractivity contribution in [2.24, 2.45) is 0 Å². The quantitative estimate of drug-likeness (QED) is 0.570. The van der Waals surface area contributed by atoms with Crippen LogP contribution in [0.15, 0.2) is 53.1 Å². The van der Waals surface area contributed by atoms with Gasteiger partial charge in [0.1, 0.15) is 11.3 Å². The number of aromatic nitrogens is 3. The molecule has 1 amide bonds. The number of nitriles is 1. The summed E-state index contributed by atoms with van der Waals surface area (Å²) in [6, 6.07) is 15.1. The topological polar surface area (TPSA) is 95.0 Å². The minimum Gasteiger partial charge on any atom is -0.383 e. The average molecular weight is 508 g/mol. The van der Waals surface area contributed by atoms with Gasteiger partial charge >= 0.3 is 0 Å². The molecule has 0 aliphatic carbocycles. The number of carbonyl (C=O) groups excluding carboxylic acids is 1. The van der Waals surface area contributed by atoms with Crippen molar-refractivity contribution in [3.8, 4) is 11.8 Å². The van der Waals surface area contributed by atoms with E-state index in [1.54, 1.807) is 23.0 Å². The number of carbonyl (C=O) groups is 1. The molecule has 7 nitrogen and oxygen atoms in total. The van der Waals surface area contributed by atoms with Crippen molar-refractivity contribution < 1.29 is 9.90 Å². The molecule has 4 rings (SSSR count). The molecule has 1 aliphatic heterocycles. The van der Waals surface area contributed by atoms with E-state index in [-0.39, 0.29) is 11.8 Å². The van der Waals surface area contributed by atoms with Gasteiger partial charge in [0.05, 0.1) is 29.4 Å². The molecular weight excluding hydrogens is 482 g/mol. The molecule has 1 N–H and O–H groups in total. The van der Waals surface area contributed by atoms with E-state index in [4.69, 9.17) is 5.26 Å². The molecule has 1 aliphatic rings. The molecule has 33 heavy (non-hydrogen) atoms. The monoisotopic (exact) mass is 507 g/mol. The van der Waals surface area contributed by atoms with Crippen molar-refractivity contribution in [1.29, 1.82) is 5.26 Å². The van der Waals surface area contributed by atoms with E-state index >= 15 is 0 Å². The molecule has 3 aromatic rings. The summed E-state index contributed by atoms with van der Waals surface area (Å²) in [7, 11) is 0. The Bertz CT molecular complexity index is 1200. The number of amides is 1. The lowest BCUT2D eigenvalue weighted by atomic mass is 9.92. The molecule has 1 aromatic heterocycles. The predicted molar refractivity (Wildman–Crippen MR) is 128 cm³/mol. The van der Waals surface area contributed by atoms with Gasteiger partial charge in [0.2, 0.25) is 5.91 Å². The second-order valence-electron chi connectivity index (χ2n) is 8.65. The summed E-state index contributed by atoms with van der Waals surface area (Å²) in [6.07, 6.45) is 3.37. The highest BCUT2D eigenvalue weighted by Crippen LogP contribution is 2.33.